The number of nitrogens with zero attached hydrogens (tertiary/aromatic N) is 5. The maximum Gasteiger partial charge on any atom is 0.306 e. The van der Waals surface area contributed by atoms with Crippen molar-refractivity contribution in [1.82, 2.24) is 45.3 Å². The number of carbonyl (C=O) groups is 10. The van der Waals surface area contributed by atoms with Gasteiger partial charge in [-0.2, -0.15) is 4.31 Å². The largest absolute Gasteiger partial charge is 0.506 e. The summed E-state index contributed by atoms with van der Waals surface area (Å²) < 4.78 is 46.0. The van der Waals surface area contributed by atoms with Gasteiger partial charge in [0.25, 0.3) is 17.7 Å². The molecule has 93 heavy (non-hydrogen) atoms. The molecule has 3 rings (SSSR count). The van der Waals surface area contributed by atoms with Gasteiger partial charge in [0, 0.05) is 82.7 Å². The number of nitrogens with one attached hydrogen (secondary N) is 5. The van der Waals surface area contributed by atoms with Gasteiger partial charge in [-0.25, -0.2) is 13.4 Å². The molecular formula is C64H102N10O17S2. The molecule has 2 heterocycles. The third-order valence-electron chi connectivity index (χ3n) is 16.3. The van der Waals surface area contributed by atoms with Crippen LogP contribution in [-0.2, 0) is 73.8 Å². The molecule has 1 aromatic carbocycles. The number of hydrogen-bond acceptors (Lipinski definition) is 19. The molecule has 7 atom stereocenters. The molecule has 0 bridgehead atoms. The van der Waals surface area contributed by atoms with E-state index in [2.05, 4.69) is 31.6 Å². The summed E-state index contributed by atoms with van der Waals surface area (Å²) in [6.07, 6.45) is 1.72. The van der Waals surface area contributed by atoms with E-state index < -0.39 is 129 Å². The number of amides is 8. The van der Waals surface area contributed by atoms with Crippen LogP contribution in [0.3, 0.4) is 0 Å². The van der Waals surface area contributed by atoms with Crippen LogP contribution in [0.2, 0.25) is 0 Å². The van der Waals surface area contributed by atoms with Crippen molar-refractivity contribution in [2.75, 3.05) is 65.1 Å². The van der Waals surface area contributed by atoms with E-state index in [1.165, 1.54) is 58.2 Å². The van der Waals surface area contributed by atoms with Gasteiger partial charge in [0.15, 0.2) is 6.10 Å². The molecule has 2 aromatic rings. The minimum atomic E-state index is -4.15. The molecule has 0 radical (unpaired) electrons. The zero-order chi connectivity index (χ0) is 70.9. The lowest BCUT2D eigenvalue weighted by Gasteiger charge is -2.38. The van der Waals surface area contributed by atoms with Crippen molar-refractivity contribution in [2.45, 2.75) is 202 Å². The maximum atomic E-state index is 14.4. The number of imide groups is 1. The van der Waals surface area contributed by atoms with Crippen LogP contribution < -0.4 is 26.6 Å². The Labute approximate surface area is 552 Å². The smallest absolute Gasteiger partial charge is 0.306 e. The highest BCUT2D eigenvalue weighted by Crippen LogP contribution is 2.32. The van der Waals surface area contributed by atoms with Gasteiger partial charge >= 0.3 is 11.9 Å². The van der Waals surface area contributed by atoms with E-state index in [1.54, 1.807) is 58.6 Å². The summed E-state index contributed by atoms with van der Waals surface area (Å²) in [6, 6.07) is 0.662. The normalized spacial score (nSPS) is 15.5. The van der Waals surface area contributed by atoms with E-state index in [0.29, 0.717) is 25.0 Å². The Morgan fingerprint density at radius 3 is 2.00 bits per heavy atom. The van der Waals surface area contributed by atoms with E-state index in [0.717, 1.165) is 32.7 Å². The van der Waals surface area contributed by atoms with Gasteiger partial charge in [-0.15, -0.1) is 11.3 Å². The Bertz CT molecular complexity index is 3100. The number of phenolic OH excluding ortho intramolecular Hbond substituents is 1. The Kier molecular flexibility index (Phi) is 29.8. The van der Waals surface area contributed by atoms with Crippen molar-refractivity contribution >= 4 is 86.2 Å². The van der Waals surface area contributed by atoms with Crippen LogP contribution in [0.25, 0.3) is 0 Å². The molecular weight excluding hydrogens is 1240 g/mol. The minimum absolute atomic E-state index is 0.0159. The van der Waals surface area contributed by atoms with Crippen LogP contribution in [0.1, 0.15) is 170 Å². The minimum Gasteiger partial charge on any atom is -0.506 e. The number of sulfonamides is 1. The quantitative estimate of drug-likeness (QED) is 0.0266. The number of aliphatic carboxylic acids is 1. The molecule has 0 aliphatic carbocycles. The number of anilines is 1. The van der Waals surface area contributed by atoms with Gasteiger partial charge < -0.3 is 55.9 Å². The number of carboxylic acid groups (broad SMARTS) is 1. The fourth-order valence-corrected chi connectivity index (χ4v) is 11.7. The molecule has 1 aliphatic heterocycles. The molecule has 0 spiro atoms. The van der Waals surface area contributed by atoms with Gasteiger partial charge in [-0.1, -0.05) is 47.1 Å². The Morgan fingerprint density at radius 1 is 0.817 bits per heavy atom. The first-order valence-electron chi connectivity index (χ1n) is 31.3. The molecule has 0 saturated carbocycles. The molecule has 7 N–H and O–H groups in total. The average Bonchev–Trinajstić information content (AvgIpc) is 1.53. The lowest BCUT2D eigenvalue weighted by atomic mass is 9.92. The summed E-state index contributed by atoms with van der Waals surface area (Å²) in [6.45, 7) is 26.4. The van der Waals surface area contributed by atoms with E-state index in [9.17, 15) is 66.6 Å². The molecule has 1 aliphatic rings. The maximum absolute atomic E-state index is 14.4. The number of carboxylic acids is 1. The van der Waals surface area contributed by atoms with Crippen molar-refractivity contribution in [1.29, 1.82) is 0 Å². The molecule has 522 valence electrons. The number of aromatic hydroxyl groups is 1. The van der Waals surface area contributed by atoms with Gasteiger partial charge in [0.05, 0.1) is 40.7 Å². The zero-order valence-corrected chi connectivity index (χ0v) is 59.3. The Hall–Kier alpha value is -6.92. The molecule has 1 aromatic heterocycles. The van der Waals surface area contributed by atoms with Crippen molar-refractivity contribution in [3.8, 4) is 5.75 Å². The van der Waals surface area contributed by atoms with Crippen molar-refractivity contribution in [2.24, 2.45) is 17.8 Å². The Morgan fingerprint density at radius 2 is 1.44 bits per heavy atom. The number of likely N-dealkylation sites (N-methyl/N-ethyl adjacent to an activating group) is 2. The predicted octanol–water partition coefficient (Wildman–Crippen LogP) is 4.93. The summed E-state index contributed by atoms with van der Waals surface area (Å²) in [5.74, 6) is -8.98. The molecule has 0 fully saturated rings. The van der Waals surface area contributed by atoms with Crippen LogP contribution in [0.5, 0.6) is 5.75 Å². The van der Waals surface area contributed by atoms with Crippen LogP contribution in [0.15, 0.2) is 35.7 Å². The number of ether oxygens (including phenoxy) is 3. The highest BCUT2D eigenvalue weighted by molar-refractivity contribution is 7.89. The van der Waals surface area contributed by atoms with E-state index in [-0.39, 0.29) is 90.3 Å². The van der Waals surface area contributed by atoms with E-state index in [4.69, 9.17) is 14.2 Å². The number of aromatic nitrogens is 1. The standard InChI is InChI=1S/C64H102N10O17S2/c1-20-39(4)53(69-60(86)64(15,16)71(17)18)57(82)72(19)47(38(2)3)36-49(91-42(7)75)56-67-46(37-92-56)55(81)66-44(33-40(5)58(83)84)34-43-21-22-48(76)45(35-43)68-59(85)63(13,14)70-54(80)41(6)65-50(77)25-27-73(28-29-74-51(78)23-24-52(74)79)93(87,88)32-31-90-62(11,12)26-30-89-61(8,9)10/h21-24,35,37-41,44,47,49,53,76H,20,25-34,36H2,1-19H3,(H,65,77)(H,66,81)(H,68,85)(H,69,86)(H,70,80)(H,83,84)/t39-,40-,41?,44+,47?,49+,53-/m0/s1. The number of rotatable bonds is 38. The van der Waals surface area contributed by atoms with Crippen LogP contribution in [0, 0.1) is 17.8 Å². The highest BCUT2D eigenvalue weighted by Gasteiger charge is 2.40. The lowest BCUT2D eigenvalue weighted by Crippen LogP contribution is -2.60. The third-order valence-corrected chi connectivity index (χ3v) is 19.1. The van der Waals surface area contributed by atoms with E-state index >= 15 is 0 Å². The SMILES string of the molecule is CC[C@H](C)[C@H](NC(=O)C(C)(C)N(C)C)C(=O)N(C)C(C[C@@H](OC(C)=O)c1nc(C(=O)N[C@@H](Cc2ccc(O)c(NC(=O)C(C)(C)NC(=O)C(C)NC(=O)CCN(CCN3C(=O)C=CC3=O)S(=O)(=O)CCOC(C)(C)CCOC(C)(C)C)c2)C[C@H](C)C(=O)O)cs1)C(C)C. The molecule has 27 nitrogen and oxygen atoms in total. The number of benzene rings is 1. The van der Waals surface area contributed by atoms with Crippen molar-refractivity contribution in [3.05, 3.63) is 52.0 Å². The number of phenols is 1. The second-order valence-electron chi connectivity index (χ2n) is 27.0. The summed E-state index contributed by atoms with van der Waals surface area (Å²) in [5, 5.41) is 36.2. The van der Waals surface area contributed by atoms with Crippen LogP contribution >= 0.6 is 11.3 Å². The van der Waals surface area contributed by atoms with Crippen molar-refractivity contribution < 1.29 is 80.8 Å². The second-order valence-corrected chi connectivity index (χ2v) is 29.9. The summed E-state index contributed by atoms with van der Waals surface area (Å²) in [5.41, 5.74) is -3.49. The molecule has 2 unspecified atom stereocenters. The highest BCUT2D eigenvalue weighted by atomic mass is 32.2. The van der Waals surface area contributed by atoms with Crippen molar-refractivity contribution in [3.63, 3.8) is 0 Å². The third kappa shape index (κ3) is 25.1. The first kappa shape index (κ1) is 80.3. The number of hydrogen-bond donors (Lipinski definition) is 7. The van der Waals surface area contributed by atoms with Gasteiger partial charge in [0.1, 0.15) is 34.1 Å². The Balaban J connectivity index is 1.76. The molecule has 29 heteroatoms. The fourth-order valence-electron chi connectivity index (χ4n) is 9.54. The topological polar surface area (TPSA) is 359 Å². The van der Waals surface area contributed by atoms with Gasteiger partial charge in [0.2, 0.25) is 39.6 Å². The monoisotopic (exact) mass is 1350 g/mol. The number of thiazole rings is 1. The summed E-state index contributed by atoms with van der Waals surface area (Å²) in [7, 11) is 1.03. The first-order chi connectivity index (χ1) is 42.8. The molecule has 8 amide bonds. The number of carbonyl (C=O) groups excluding carboxylic acids is 9. The molecule has 0 saturated heterocycles. The van der Waals surface area contributed by atoms with Gasteiger partial charge in [-0.3, -0.25) is 57.7 Å². The fraction of sp³-hybridized carbons (Fsp3) is 0.672. The number of esters is 1. The van der Waals surface area contributed by atoms with Crippen LogP contribution in [0.4, 0.5) is 5.69 Å². The van der Waals surface area contributed by atoms with Gasteiger partial charge in [-0.05, 0) is 132 Å². The average molecular weight is 1350 g/mol. The van der Waals surface area contributed by atoms with E-state index in [1.807, 2.05) is 48.5 Å². The second kappa shape index (κ2) is 34.5. The van der Waals surface area contributed by atoms with Crippen LogP contribution in [-0.4, -0.2) is 208 Å². The summed E-state index contributed by atoms with van der Waals surface area (Å²) >= 11 is 1.05. The summed E-state index contributed by atoms with van der Waals surface area (Å²) in [4.78, 5) is 141. The predicted molar refractivity (Wildman–Crippen MR) is 351 cm³/mol. The lowest BCUT2D eigenvalue weighted by molar-refractivity contribution is -0.149. The first-order valence-corrected chi connectivity index (χ1v) is 33.8. The zero-order valence-electron chi connectivity index (χ0n) is 57.6.